The summed E-state index contributed by atoms with van der Waals surface area (Å²) < 4.78 is 0. The molecule has 1 fully saturated rings. The molecular weight excluding hydrogens is 250 g/mol. The summed E-state index contributed by atoms with van der Waals surface area (Å²) in [6.07, 6.45) is 2.43. The number of hydrogen-bond donors (Lipinski definition) is 2. The number of benzene rings is 1. The number of nitrogens with one attached hydrogen (secondary N) is 1. The molecule has 1 aromatic carbocycles. The van der Waals surface area contributed by atoms with Gasteiger partial charge in [0.2, 0.25) is 5.91 Å². The van der Waals surface area contributed by atoms with Crippen molar-refractivity contribution in [1.82, 2.24) is 0 Å². The van der Waals surface area contributed by atoms with Crippen LogP contribution in [0, 0.1) is 0 Å². The molecule has 0 saturated heterocycles. The number of hydrogen-bond acceptors (Lipinski definition) is 3. The number of amides is 1. The van der Waals surface area contributed by atoms with Gasteiger partial charge in [-0.1, -0.05) is 11.6 Å². The molecule has 96 valence electrons. The first-order chi connectivity index (χ1) is 8.61. The Balaban J connectivity index is 2.02. The molecule has 0 spiro atoms. The third kappa shape index (κ3) is 1.76. The highest BCUT2D eigenvalue weighted by Crippen LogP contribution is 2.41. The van der Waals surface area contributed by atoms with Gasteiger partial charge in [-0.05, 0) is 31.9 Å². The molecule has 1 unspecified atom stereocenters. The minimum absolute atomic E-state index is 0.160. The van der Waals surface area contributed by atoms with Crippen LogP contribution in [0.15, 0.2) is 12.1 Å². The van der Waals surface area contributed by atoms with Crippen LogP contribution in [0.2, 0.25) is 5.02 Å². The first kappa shape index (κ1) is 11.8. The number of rotatable bonds is 3. The van der Waals surface area contributed by atoms with Gasteiger partial charge in [0.15, 0.2) is 0 Å². The standard InChI is InChI=1S/C13H16ClN3O/c1-2-17(7-3-4-7)11-6-10-8(5-9(11)14)12(15)13(18)16-10/h5-7,12H,2-4,15H2,1H3,(H,16,18). The summed E-state index contributed by atoms with van der Waals surface area (Å²) in [7, 11) is 0. The highest BCUT2D eigenvalue weighted by molar-refractivity contribution is 6.33. The predicted molar refractivity (Wildman–Crippen MR) is 73.1 cm³/mol. The lowest BCUT2D eigenvalue weighted by Crippen LogP contribution is -2.25. The van der Waals surface area contributed by atoms with E-state index in [9.17, 15) is 4.79 Å². The Morgan fingerprint density at radius 2 is 2.22 bits per heavy atom. The lowest BCUT2D eigenvalue weighted by Gasteiger charge is -2.24. The fourth-order valence-corrected chi connectivity index (χ4v) is 2.81. The van der Waals surface area contributed by atoms with E-state index < -0.39 is 6.04 Å². The van der Waals surface area contributed by atoms with Gasteiger partial charge in [0.05, 0.1) is 10.7 Å². The van der Waals surface area contributed by atoms with Crippen LogP contribution < -0.4 is 16.0 Å². The molecule has 1 aromatic rings. The van der Waals surface area contributed by atoms with Crippen LogP contribution in [0.4, 0.5) is 11.4 Å². The summed E-state index contributed by atoms with van der Waals surface area (Å²) in [6.45, 7) is 3.04. The Morgan fingerprint density at radius 1 is 1.50 bits per heavy atom. The number of carbonyl (C=O) groups is 1. The van der Waals surface area contributed by atoms with Gasteiger partial charge in [-0.25, -0.2) is 0 Å². The van der Waals surface area contributed by atoms with Crippen LogP contribution in [0.3, 0.4) is 0 Å². The molecule has 1 aliphatic carbocycles. The number of halogens is 1. The zero-order chi connectivity index (χ0) is 12.9. The Kier molecular flexibility index (Phi) is 2.72. The molecule has 0 radical (unpaired) electrons. The van der Waals surface area contributed by atoms with E-state index in [1.54, 1.807) is 0 Å². The lowest BCUT2D eigenvalue weighted by molar-refractivity contribution is -0.116. The fourth-order valence-electron chi connectivity index (χ4n) is 2.53. The molecule has 4 nitrogen and oxygen atoms in total. The Labute approximate surface area is 111 Å². The summed E-state index contributed by atoms with van der Waals surface area (Å²) >= 11 is 6.33. The third-order valence-electron chi connectivity index (χ3n) is 3.63. The molecule has 3 N–H and O–H groups in total. The Morgan fingerprint density at radius 3 is 2.83 bits per heavy atom. The van der Waals surface area contributed by atoms with Crippen LogP contribution in [-0.4, -0.2) is 18.5 Å². The number of nitrogens with two attached hydrogens (primary N) is 1. The van der Waals surface area contributed by atoms with E-state index in [1.807, 2.05) is 12.1 Å². The number of nitrogens with zero attached hydrogens (tertiary/aromatic N) is 1. The molecule has 18 heavy (non-hydrogen) atoms. The molecule has 1 saturated carbocycles. The van der Waals surface area contributed by atoms with Crippen LogP contribution in [-0.2, 0) is 4.79 Å². The fraction of sp³-hybridized carbons (Fsp3) is 0.462. The van der Waals surface area contributed by atoms with E-state index >= 15 is 0 Å². The van der Waals surface area contributed by atoms with Crippen LogP contribution in [0.5, 0.6) is 0 Å². The van der Waals surface area contributed by atoms with Crippen molar-refractivity contribution < 1.29 is 4.79 Å². The monoisotopic (exact) mass is 265 g/mol. The molecule has 0 aromatic heterocycles. The van der Waals surface area contributed by atoms with Gasteiger partial charge >= 0.3 is 0 Å². The average Bonchev–Trinajstić information content (AvgIpc) is 3.13. The van der Waals surface area contributed by atoms with E-state index in [2.05, 4.69) is 17.1 Å². The van der Waals surface area contributed by atoms with Crippen molar-refractivity contribution in [1.29, 1.82) is 0 Å². The molecular formula is C13H16ClN3O. The van der Waals surface area contributed by atoms with Gasteiger partial charge < -0.3 is 16.0 Å². The first-order valence-electron chi connectivity index (χ1n) is 6.28. The maximum atomic E-state index is 11.5. The zero-order valence-electron chi connectivity index (χ0n) is 10.2. The average molecular weight is 266 g/mol. The van der Waals surface area contributed by atoms with Gasteiger partial charge in [-0.15, -0.1) is 0 Å². The Hall–Kier alpha value is -1.26. The van der Waals surface area contributed by atoms with Gasteiger partial charge in [0, 0.05) is 23.8 Å². The van der Waals surface area contributed by atoms with Gasteiger partial charge in [-0.3, -0.25) is 4.79 Å². The maximum Gasteiger partial charge on any atom is 0.245 e. The predicted octanol–water partition coefficient (Wildman–Crippen LogP) is 2.28. The summed E-state index contributed by atoms with van der Waals surface area (Å²) in [5.74, 6) is -0.160. The summed E-state index contributed by atoms with van der Waals surface area (Å²) in [5, 5.41) is 3.48. The minimum Gasteiger partial charge on any atom is -0.368 e. The van der Waals surface area contributed by atoms with Crippen LogP contribution in [0.1, 0.15) is 31.4 Å². The summed E-state index contributed by atoms with van der Waals surface area (Å²) in [4.78, 5) is 13.8. The lowest BCUT2D eigenvalue weighted by atomic mass is 10.1. The van der Waals surface area contributed by atoms with Crippen molar-refractivity contribution in [2.24, 2.45) is 5.73 Å². The summed E-state index contributed by atoms with van der Waals surface area (Å²) in [6, 6.07) is 3.77. The second kappa shape index (κ2) is 4.14. The SMILES string of the molecule is CCN(c1cc2c(cc1Cl)C(N)C(=O)N2)C1CC1. The van der Waals surface area contributed by atoms with E-state index in [1.165, 1.54) is 12.8 Å². The quantitative estimate of drug-likeness (QED) is 0.882. The number of anilines is 2. The minimum atomic E-state index is -0.595. The van der Waals surface area contributed by atoms with E-state index in [-0.39, 0.29) is 5.91 Å². The maximum absolute atomic E-state index is 11.5. The molecule has 5 heteroatoms. The largest absolute Gasteiger partial charge is 0.368 e. The molecule has 0 bridgehead atoms. The second-order valence-corrected chi connectivity index (χ2v) is 5.28. The molecule has 1 amide bonds. The van der Waals surface area contributed by atoms with Gasteiger partial charge in [-0.2, -0.15) is 0 Å². The van der Waals surface area contributed by atoms with Crippen molar-refractivity contribution in [3.8, 4) is 0 Å². The smallest absolute Gasteiger partial charge is 0.245 e. The number of carbonyl (C=O) groups excluding carboxylic acids is 1. The van der Waals surface area contributed by atoms with Crippen molar-refractivity contribution >= 4 is 28.9 Å². The highest BCUT2D eigenvalue weighted by atomic mass is 35.5. The molecule has 1 aliphatic heterocycles. The summed E-state index contributed by atoms with van der Waals surface area (Å²) in [5.41, 5.74) is 8.39. The highest BCUT2D eigenvalue weighted by Gasteiger charge is 2.32. The van der Waals surface area contributed by atoms with Gasteiger partial charge in [0.25, 0.3) is 0 Å². The molecule has 3 rings (SSSR count). The van der Waals surface area contributed by atoms with E-state index in [0.717, 1.165) is 23.5 Å². The third-order valence-corrected chi connectivity index (χ3v) is 3.93. The van der Waals surface area contributed by atoms with Crippen molar-refractivity contribution in [3.63, 3.8) is 0 Å². The number of fused-ring (bicyclic) bond motifs is 1. The molecule has 1 atom stereocenters. The first-order valence-corrected chi connectivity index (χ1v) is 6.66. The molecule has 2 aliphatic rings. The topological polar surface area (TPSA) is 58.4 Å². The van der Waals surface area contributed by atoms with Crippen LogP contribution >= 0.6 is 11.6 Å². The second-order valence-electron chi connectivity index (χ2n) is 4.87. The zero-order valence-corrected chi connectivity index (χ0v) is 11.0. The van der Waals surface area contributed by atoms with E-state index in [0.29, 0.717) is 11.1 Å². The van der Waals surface area contributed by atoms with Gasteiger partial charge in [0.1, 0.15) is 6.04 Å². The Bertz CT molecular complexity index is 513. The van der Waals surface area contributed by atoms with Crippen molar-refractivity contribution in [2.75, 3.05) is 16.8 Å². The van der Waals surface area contributed by atoms with Crippen LogP contribution in [0.25, 0.3) is 0 Å². The van der Waals surface area contributed by atoms with Crippen molar-refractivity contribution in [3.05, 3.63) is 22.7 Å². The van der Waals surface area contributed by atoms with Crippen molar-refractivity contribution in [2.45, 2.75) is 31.8 Å². The van der Waals surface area contributed by atoms with E-state index in [4.69, 9.17) is 17.3 Å². The molecule has 1 heterocycles. The normalized spacial score (nSPS) is 21.7.